The molecule has 1 aliphatic carbocycles. The number of sulfonamides is 1. The Morgan fingerprint density at radius 1 is 1.30 bits per heavy atom. The van der Waals surface area contributed by atoms with Gasteiger partial charge in [0, 0.05) is 18.8 Å². The molecule has 2 aliphatic heterocycles. The largest absolute Gasteiger partial charge is 0.444 e. The zero-order valence-electron chi connectivity index (χ0n) is 15.6. The van der Waals surface area contributed by atoms with Crippen LogP contribution in [0.15, 0.2) is 28.9 Å². The second-order valence-electron chi connectivity index (χ2n) is 7.73. The molecule has 0 spiro atoms. The van der Waals surface area contributed by atoms with Crippen LogP contribution in [0.25, 0.3) is 0 Å². The lowest BCUT2D eigenvalue weighted by molar-refractivity contribution is 0.0217. The van der Waals surface area contributed by atoms with Crippen LogP contribution in [0.1, 0.15) is 33.6 Å². The van der Waals surface area contributed by atoms with Crippen LogP contribution < -0.4 is 10.0 Å². The lowest BCUT2D eigenvalue weighted by atomic mass is 10.1. The van der Waals surface area contributed by atoms with E-state index in [1.807, 2.05) is 0 Å². The van der Waals surface area contributed by atoms with E-state index in [9.17, 15) is 18.0 Å². The van der Waals surface area contributed by atoms with Crippen molar-refractivity contribution in [2.45, 2.75) is 50.5 Å². The zero-order valence-corrected chi connectivity index (χ0v) is 16.4. The number of carbonyl (C=O) groups excluding carboxylic acids is 2. The number of fused-ring (bicyclic) bond motifs is 1. The maximum atomic E-state index is 12.7. The van der Waals surface area contributed by atoms with Crippen molar-refractivity contribution in [2.24, 2.45) is 4.99 Å². The summed E-state index contributed by atoms with van der Waals surface area (Å²) in [6.45, 7) is 6.02. The summed E-state index contributed by atoms with van der Waals surface area (Å²) in [5, 5.41) is 2.03. The van der Waals surface area contributed by atoms with Crippen molar-refractivity contribution >= 4 is 27.9 Å². The molecule has 0 radical (unpaired) electrons. The summed E-state index contributed by atoms with van der Waals surface area (Å²) in [5.74, 6) is 0. The Bertz CT molecular complexity index is 830. The number of aliphatic imine (C=N–C) groups is 1. The Morgan fingerprint density at radius 2 is 1.96 bits per heavy atom. The van der Waals surface area contributed by atoms with Crippen LogP contribution in [0, 0.1) is 0 Å². The van der Waals surface area contributed by atoms with Gasteiger partial charge in [0.25, 0.3) is 0 Å². The van der Waals surface area contributed by atoms with E-state index >= 15 is 0 Å². The normalized spacial score (nSPS) is 23.3. The van der Waals surface area contributed by atoms with Gasteiger partial charge in [-0.2, -0.15) is 4.99 Å². The van der Waals surface area contributed by atoms with E-state index < -0.39 is 39.0 Å². The number of hydrogen-bond acceptors (Lipinski definition) is 5. The van der Waals surface area contributed by atoms with Crippen molar-refractivity contribution in [1.82, 2.24) is 14.9 Å². The summed E-state index contributed by atoms with van der Waals surface area (Å²) >= 11 is 0. The van der Waals surface area contributed by atoms with Crippen LogP contribution in [0.4, 0.5) is 9.59 Å². The Kier molecular flexibility index (Phi) is 5.02. The number of likely N-dealkylation sites (tertiary alicyclic amines) is 1. The highest BCUT2D eigenvalue weighted by atomic mass is 32.2. The van der Waals surface area contributed by atoms with Gasteiger partial charge >= 0.3 is 12.1 Å². The first-order valence-corrected chi connectivity index (χ1v) is 10.4. The van der Waals surface area contributed by atoms with Gasteiger partial charge in [0.1, 0.15) is 5.60 Å². The van der Waals surface area contributed by atoms with Crippen LogP contribution in [-0.4, -0.2) is 61.1 Å². The average molecular weight is 396 g/mol. The second-order valence-corrected chi connectivity index (χ2v) is 9.69. The molecule has 3 aliphatic rings. The van der Waals surface area contributed by atoms with Crippen molar-refractivity contribution in [3.05, 3.63) is 23.9 Å². The summed E-state index contributed by atoms with van der Waals surface area (Å²) in [6, 6.07) is -0.844. The van der Waals surface area contributed by atoms with Gasteiger partial charge in [-0.05, 0) is 51.8 Å². The van der Waals surface area contributed by atoms with E-state index in [1.165, 1.54) is 4.90 Å². The van der Waals surface area contributed by atoms with Crippen molar-refractivity contribution in [3.63, 3.8) is 0 Å². The fourth-order valence-corrected chi connectivity index (χ4v) is 4.56. The number of urea groups is 1. The van der Waals surface area contributed by atoms with E-state index in [0.29, 0.717) is 37.3 Å². The third-order valence-electron chi connectivity index (χ3n) is 4.40. The number of nitrogens with one attached hydrogen (secondary N) is 2. The quantitative estimate of drug-likeness (QED) is 0.745. The van der Waals surface area contributed by atoms with Gasteiger partial charge in [-0.3, -0.25) is 4.72 Å². The molecule has 2 N–H and O–H groups in total. The molecule has 0 aromatic heterocycles. The van der Waals surface area contributed by atoms with Crippen LogP contribution >= 0.6 is 0 Å². The Morgan fingerprint density at radius 3 is 2.59 bits per heavy atom. The number of allylic oxidation sites excluding steroid dienone is 1. The predicted octanol–water partition coefficient (Wildman–Crippen LogP) is 1.29. The lowest BCUT2D eigenvalue weighted by Crippen LogP contribution is -2.47. The molecular formula is C17H24N4O5S. The van der Waals surface area contributed by atoms with Crippen LogP contribution in [0.2, 0.25) is 0 Å². The molecule has 148 valence electrons. The minimum Gasteiger partial charge on any atom is -0.444 e. The number of carbonyl (C=O) groups is 2. The van der Waals surface area contributed by atoms with Crippen molar-refractivity contribution in [3.8, 4) is 0 Å². The Balaban J connectivity index is 1.57. The van der Waals surface area contributed by atoms with E-state index in [1.54, 1.807) is 39.0 Å². The first kappa shape index (κ1) is 19.4. The fraction of sp³-hybridized carbons (Fsp3) is 0.588. The third-order valence-corrected chi connectivity index (χ3v) is 6.27. The number of nitrogens with zero attached hydrogens (tertiary/aromatic N) is 2. The number of amides is 3. The zero-order chi connectivity index (χ0) is 19.8. The van der Waals surface area contributed by atoms with E-state index in [-0.39, 0.29) is 0 Å². The van der Waals surface area contributed by atoms with Gasteiger partial charge in [-0.25, -0.2) is 18.0 Å². The lowest BCUT2D eigenvalue weighted by Gasteiger charge is -2.33. The molecule has 10 heteroatoms. The minimum absolute atomic E-state index is 0.324. The first-order chi connectivity index (χ1) is 12.5. The van der Waals surface area contributed by atoms with Gasteiger partial charge in [0.2, 0.25) is 10.0 Å². The molecule has 9 nitrogen and oxygen atoms in total. The smallest absolute Gasteiger partial charge is 0.410 e. The molecule has 1 fully saturated rings. The summed E-state index contributed by atoms with van der Waals surface area (Å²) in [4.78, 5) is 28.7. The molecule has 1 saturated heterocycles. The maximum Gasteiger partial charge on any atom is 0.410 e. The molecule has 0 aromatic rings. The number of rotatable bonds is 3. The summed E-state index contributed by atoms with van der Waals surface area (Å²) in [5.41, 5.74) is 0.378. The molecule has 0 bridgehead atoms. The highest BCUT2D eigenvalue weighted by molar-refractivity contribution is 7.90. The number of piperidine rings is 1. The molecule has 0 saturated carbocycles. The SMILES string of the molecule is CC(C)(C)OC(=O)N1CCC(S(=O)(=O)NC2=CC3NC(=O)N=C3C=C2)CC1. The standard InChI is InChI=1S/C17H24N4O5S/c1-17(2,3)26-16(23)21-8-6-12(7-9-21)27(24,25)20-11-4-5-13-14(10-11)19-15(22)18-13/h4-5,10,12,14,20H,6-9H2,1-3H3,(H,19,22). The van der Waals surface area contributed by atoms with Crippen molar-refractivity contribution in [2.75, 3.05) is 13.1 Å². The topological polar surface area (TPSA) is 117 Å². The van der Waals surface area contributed by atoms with Crippen LogP contribution in [0.5, 0.6) is 0 Å². The van der Waals surface area contributed by atoms with Gasteiger partial charge in [-0.15, -0.1) is 0 Å². The maximum absolute atomic E-state index is 12.7. The van der Waals surface area contributed by atoms with E-state index in [0.717, 1.165) is 0 Å². The van der Waals surface area contributed by atoms with Crippen molar-refractivity contribution < 1.29 is 22.7 Å². The molecule has 1 atom stereocenters. The first-order valence-electron chi connectivity index (χ1n) is 8.82. The Hall–Kier alpha value is -2.36. The Labute approximate surface area is 158 Å². The minimum atomic E-state index is -3.61. The summed E-state index contributed by atoms with van der Waals surface area (Å²) < 4.78 is 33.3. The summed E-state index contributed by atoms with van der Waals surface area (Å²) in [7, 11) is -3.61. The molecular weight excluding hydrogens is 372 g/mol. The number of hydrogen-bond donors (Lipinski definition) is 2. The highest BCUT2D eigenvalue weighted by Gasteiger charge is 2.34. The van der Waals surface area contributed by atoms with Crippen LogP contribution in [0.3, 0.4) is 0 Å². The van der Waals surface area contributed by atoms with Gasteiger partial charge < -0.3 is 15.0 Å². The predicted molar refractivity (Wildman–Crippen MR) is 99.9 cm³/mol. The number of ether oxygens (including phenoxy) is 1. The molecule has 3 amide bonds. The van der Waals surface area contributed by atoms with Gasteiger partial charge in [0.15, 0.2) is 0 Å². The second kappa shape index (κ2) is 6.99. The van der Waals surface area contributed by atoms with E-state index in [2.05, 4.69) is 15.0 Å². The van der Waals surface area contributed by atoms with Crippen molar-refractivity contribution in [1.29, 1.82) is 0 Å². The molecule has 2 heterocycles. The average Bonchev–Trinajstić information content (AvgIpc) is 2.92. The molecule has 0 aromatic carbocycles. The highest BCUT2D eigenvalue weighted by Crippen LogP contribution is 2.21. The van der Waals surface area contributed by atoms with Gasteiger partial charge in [0.05, 0.1) is 17.0 Å². The molecule has 1 unspecified atom stereocenters. The molecule has 27 heavy (non-hydrogen) atoms. The van der Waals surface area contributed by atoms with Crippen LogP contribution in [-0.2, 0) is 14.8 Å². The van der Waals surface area contributed by atoms with E-state index in [4.69, 9.17) is 4.74 Å². The fourth-order valence-electron chi connectivity index (χ4n) is 3.10. The molecule has 3 rings (SSSR count). The monoisotopic (exact) mass is 396 g/mol. The third kappa shape index (κ3) is 4.68. The van der Waals surface area contributed by atoms with Gasteiger partial charge in [-0.1, -0.05) is 0 Å². The summed E-state index contributed by atoms with van der Waals surface area (Å²) in [6.07, 6.45) is 5.07.